The number of nitrogens with zero attached hydrogens (tertiary/aromatic N) is 1. The van der Waals surface area contributed by atoms with Crippen LogP contribution in [0.4, 0.5) is 4.39 Å². The van der Waals surface area contributed by atoms with E-state index in [0.717, 1.165) is 43.0 Å². The summed E-state index contributed by atoms with van der Waals surface area (Å²) in [7, 11) is 0. The smallest absolute Gasteiger partial charge is 0.188 e. The Morgan fingerprint density at radius 1 is 1.11 bits per heavy atom. The van der Waals surface area contributed by atoms with Crippen molar-refractivity contribution in [3.05, 3.63) is 34.1 Å². The van der Waals surface area contributed by atoms with Gasteiger partial charge in [-0.1, -0.05) is 42.2 Å². The molecule has 1 aromatic rings. The van der Waals surface area contributed by atoms with E-state index in [1.54, 1.807) is 6.07 Å². The first-order valence-electron chi connectivity index (χ1n) is 9.54. The van der Waals surface area contributed by atoms with Crippen LogP contribution in [0.25, 0.3) is 0 Å². The standard InChI is InChI=1S/C21H30Cl2FNO3/c1-15(2)18-13-17(26-12-9-20(23)24)14-19(22)21(18)27-10-7-5-6-8-11-28-25-16(3)4/h9,13-15H,5-8,10-12H2,1-4H3/b20-9-. The number of rotatable bonds is 13. The fraction of sp³-hybridized carbons (Fsp3) is 0.571. The lowest BCUT2D eigenvalue weighted by Crippen LogP contribution is -2.04. The van der Waals surface area contributed by atoms with E-state index in [-0.39, 0.29) is 12.5 Å². The monoisotopic (exact) mass is 433 g/mol. The number of unbranched alkanes of at least 4 members (excludes halogenated alkanes) is 3. The van der Waals surface area contributed by atoms with Gasteiger partial charge in [0.15, 0.2) is 5.29 Å². The SMILES string of the molecule is CC(C)=NOCCCCCCOc1c(Cl)cc(OC/C=C(\F)Cl)cc1C(C)C. The van der Waals surface area contributed by atoms with Crippen LogP contribution in [0.5, 0.6) is 11.5 Å². The van der Waals surface area contributed by atoms with Gasteiger partial charge < -0.3 is 14.3 Å². The third-order valence-electron chi connectivity index (χ3n) is 3.78. The second-order valence-electron chi connectivity index (χ2n) is 6.92. The van der Waals surface area contributed by atoms with E-state index < -0.39 is 5.29 Å². The number of hydrogen-bond donors (Lipinski definition) is 0. The van der Waals surface area contributed by atoms with Crippen LogP contribution in [0, 0.1) is 0 Å². The molecule has 0 unspecified atom stereocenters. The van der Waals surface area contributed by atoms with E-state index in [0.29, 0.717) is 29.7 Å². The van der Waals surface area contributed by atoms with E-state index in [1.807, 2.05) is 19.9 Å². The summed E-state index contributed by atoms with van der Waals surface area (Å²) in [5, 5.41) is 3.59. The predicted octanol–water partition coefficient (Wildman–Crippen LogP) is 7.24. The molecule has 0 heterocycles. The van der Waals surface area contributed by atoms with Crippen molar-refractivity contribution in [2.45, 2.75) is 59.3 Å². The Bertz CT molecular complexity index is 655. The predicted molar refractivity (Wildman–Crippen MR) is 115 cm³/mol. The Labute approximate surface area is 177 Å². The van der Waals surface area contributed by atoms with Crippen molar-refractivity contribution in [2.75, 3.05) is 19.8 Å². The third kappa shape index (κ3) is 10.2. The summed E-state index contributed by atoms with van der Waals surface area (Å²) in [5.41, 5.74) is 1.88. The van der Waals surface area contributed by atoms with Crippen LogP contribution in [-0.4, -0.2) is 25.5 Å². The maximum absolute atomic E-state index is 12.6. The van der Waals surface area contributed by atoms with Crippen molar-refractivity contribution < 1.29 is 18.7 Å². The third-order valence-corrected chi connectivity index (χ3v) is 4.21. The topological polar surface area (TPSA) is 40.0 Å². The highest BCUT2D eigenvalue weighted by molar-refractivity contribution is 6.32. The minimum absolute atomic E-state index is 0.0379. The van der Waals surface area contributed by atoms with Crippen molar-refractivity contribution in [3.63, 3.8) is 0 Å². The van der Waals surface area contributed by atoms with Crippen LogP contribution >= 0.6 is 23.2 Å². The molecule has 0 aliphatic heterocycles. The molecule has 0 spiro atoms. The molecule has 28 heavy (non-hydrogen) atoms. The first-order chi connectivity index (χ1) is 13.3. The van der Waals surface area contributed by atoms with Crippen molar-refractivity contribution in [1.82, 2.24) is 0 Å². The second kappa shape index (κ2) is 13.7. The highest BCUT2D eigenvalue weighted by Gasteiger charge is 2.15. The summed E-state index contributed by atoms with van der Waals surface area (Å²) < 4.78 is 24.0. The zero-order chi connectivity index (χ0) is 20.9. The average molecular weight is 434 g/mol. The highest BCUT2D eigenvalue weighted by Crippen LogP contribution is 2.37. The number of benzene rings is 1. The molecule has 0 amide bonds. The molecule has 0 aliphatic carbocycles. The normalized spacial score (nSPS) is 11.5. The molecule has 0 aliphatic rings. The first-order valence-corrected chi connectivity index (χ1v) is 10.3. The van der Waals surface area contributed by atoms with Crippen molar-refractivity contribution in [3.8, 4) is 11.5 Å². The molecule has 0 N–H and O–H groups in total. The lowest BCUT2D eigenvalue weighted by molar-refractivity contribution is 0.139. The summed E-state index contributed by atoms with van der Waals surface area (Å²) >= 11 is 11.6. The summed E-state index contributed by atoms with van der Waals surface area (Å²) in [4.78, 5) is 5.18. The number of halogens is 3. The van der Waals surface area contributed by atoms with Crippen LogP contribution in [0.2, 0.25) is 5.02 Å². The van der Waals surface area contributed by atoms with E-state index in [4.69, 9.17) is 37.5 Å². The van der Waals surface area contributed by atoms with E-state index in [1.165, 1.54) is 0 Å². The molecular formula is C21H30Cl2FNO3. The van der Waals surface area contributed by atoms with Crippen LogP contribution in [0.15, 0.2) is 28.7 Å². The summed E-state index contributed by atoms with van der Waals surface area (Å²) in [6, 6.07) is 3.55. The Morgan fingerprint density at radius 2 is 1.79 bits per heavy atom. The van der Waals surface area contributed by atoms with Gasteiger partial charge in [-0.2, -0.15) is 4.39 Å². The van der Waals surface area contributed by atoms with Crippen LogP contribution in [0.3, 0.4) is 0 Å². The maximum Gasteiger partial charge on any atom is 0.188 e. The second-order valence-corrected chi connectivity index (χ2v) is 7.69. The highest BCUT2D eigenvalue weighted by atomic mass is 35.5. The van der Waals surface area contributed by atoms with Gasteiger partial charge in [0.2, 0.25) is 0 Å². The van der Waals surface area contributed by atoms with Crippen LogP contribution < -0.4 is 9.47 Å². The van der Waals surface area contributed by atoms with Crippen molar-refractivity contribution in [2.24, 2.45) is 5.16 Å². The van der Waals surface area contributed by atoms with Gasteiger partial charge in [-0.15, -0.1) is 0 Å². The molecule has 0 atom stereocenters. The minimum Gasteiger partial charge on any atom is -0.492 e. The molecular weight excluding hydrogens is 404 g/mol. The van der Waals surface area contributed by atoms with E-state index in [2.05, 4.69) is 19.0 Å². The van der Waals surface area contributed by atoms with Gasteiger partial charge in [-0.3, -0.25) is 0 Å². The molecule has 0 saturated heterocycles. The Kier molecular flexibility index (Phi) is 12.0. The molecule has 0 fully saturated rings. The van der Waals surface area contributed by atoms with Gasteiger partial charge in [0, 0.05) is 17.7 Å². The maximum atomic E-state index is 12.6. The Hall–Kier alpha value is -1.46. The van der Waals surface area contributed by atoms with Gasteiger partial charge >= 0.3 is 0 Å². The molecule has 0 saturated carbocycles. The molecule has 0 radical (unpaired) electrons. The summed E-state index contributed by atoms with van der Waals surface area (Å²) in [5.74, 6) is 1.44. The van der Waals surface area contributed by atoms with E-state index in [9.17, 15) is 4.39 Å². The largest absolute Gasteiger partial charge is 0.492 e. The number of ether oxygens (including phenoxy) is 2. The van der Waals surface area contributed by atoms with Gasteiger partial charge in [0.1, 0.15) is 24.7 Å². The minimum atomic E-state index is -0.796. The Morgan fingerprint density at radius 3 is 2.39 bits per heavy atom. The molecule has 1 aromatic carbocycles. The fourth-order valence-electron chi connectivity index (χ4n) is 2.43. The van der Waals surface area contributed by atoms with Crippen LogP contribution in [-0.2, 0) is 4.84 Å². The zero-order valence-electron chi connectivity index (χ0n) is 17.1. The van der Waals surface area contributed by atoms with Gasteiger partial charge in [-0.05, 0) is 51.5 Å². The zero-order valence-corrected chi connectivity index (χ0v) is 18.6. The molecule has 1 rings (SSSR count). The van der Waals surface area contributed by atoms with E-state index >= 15 is 0 Å². The van der Waals surface area contributed by atoms with Crippen molar-refractivity contribution >= 4 is 28.9 Å². The average Bonchev–Trinajstić information content (AvgIpc) is 2.60. The number of oxime groups is 1. The lowest BCUT2D eigenvalue weighted by Gasteiger charge is -2.17. The summed E-state index contributed by atoms with van der Waals surface area (Å²) in [6.07, 6.45) is 5.16. The molecule has 158 valence electrons. The molecule has 0 bridgehead atoms. The Balaban J connectivity index is 2.49. The first kappa shape index (κ1) is 24.6. The molecule has 4 nitrogen and oxygen atoms in total. The van der Waals surface area contributed by atoms with Gasteiger partial charge in [0.05, 0.1) is 17.3 Å². The molecule has 0 aromatic heterocycles. The lowest BCUT2D eigenvalue weighted by atomic mass is 10.0. The molecule has 7 heteroatoms. The number of hydrogen-bond acceptors (Lipinski definition) is 4. The van der Waals surface area contributed by atoms with Gasteiger partial charge in [0.25, 0.3) is 0 Å². The van der Waals surface area contributed by atoms with Crippen molar-refractivity contribution in [1.29, 1.82) is 0 Å². The van der Waals surface area contributed by atoms with Crippen LogP contribution in [0.1, 0.15) is 64.9 Å². The van der Waals surface area contributed by atoms with Gasteiger partial charge in [-0.25, -0.2) is 0 Å². The fourth-order valence-corrected chi connectivity index (χ4v) is 2.76. The quantitative estimate of drug-likeness (QED) is 0.187. The summed E-state index contributed by atoms with van der Waals surface area (Å²) in [6.45, 7) is 9.19.